The number of ketones is 1. The van der Waals surface area contributed by atoms with Gasteiger partial charge in [-0.1, -0.05) is 19.8 Å². The highest BCUT2D eigenvalue weighted by molar-refractivity contribution is 5.97. The van der Waals surface area contributed by atoms with Crippen molar-refractivity contribution in [2.45, 2.75) is 27.7 Å². The van der Waals surface area contributed by atoms with Crippen LogP contribution in [0.3, 0.4) is 0 Å². The van der Waals surface area contributed by atoms with E-state index in [0.717, 1.165) is 0 Å². The van der Waals surface area contributed by atoms with Crippen LogP contribution in [0.15, 0.2) is 0 Å². The highest BCUT2D eigenvalue weighted by atomic mass is 16.5. The number of esters is 1. The van der Waals surface area contributed by atoms with Gasteiger partial charge in [0.15, 0.2) is 6.61 Å². The van der Waals surface area contributed by atoms with Crippen LogP contribution >= 0.6 is 0 Å². The second-order valence-electron chi connectivity index (χ2n) is 3.67. The van der Waals surface area contributed by atoms with Gasteiger partial charge in [-0.05, 0) is 31.6 Å². The third kappa shape index (κ3) is 6.68. The highest BCUT2D eigenvalue weighted by Crippen LogP contribution is 1.98. The number of ether oxygens (including phenoxy) is 1. The molecule has 0 spiro atoms. The summed E-state index contributed by atoms with van der Waals surface area (Å²) >= 11 is 0. The zero-order valence-corrected chi connectivity index (χ0v) is 10.1. The predicted molar refractivity (Wildman–Crippen MR) is 61.2 cm³/mol. The maximum absolute atomic E-state index is 11.2. The van der Waals surface area contributed by atoms with Gasteiger partial charge >= 0.3 is 5.97 Å². The molecular weight excluding hydrogens is 204 g/mol. The number of rotatable bonds is 3. The van der Waals surface area contributed by atoms with E-state index in [9.17, 15) is 9.59 Å². The monoisotopic (exact) mass is 220 g/mol. The molecule has 0 saturated carbocycles. The van der Waals surface area contributed by atoms with Crippen molar-refractivity contribution in [3.05, 3.63) is 0 Å². The van der Waals surface area contributed by atoms with E-state index >= 15 is 0 Å². The van der Waals surface area contributed by atoms with Crippen molar-refractivity contribution in [2.75, 3.05) is 6.61 Å². The molecule has 0 aromatic rings. The van der Waals surface area contributed by atoms with Crippen LogP contribution in [0.5, 0.6) is 0 Å². The smallest absolute Gasteiger partial charge is 0.317 e. The summed E-state index contributed by atoms with van der Waals surface area (Å²) in [6.45, 7) is 6.76. The minimum Gasteiger partial charge on any atom is -0.452 e. The van der Waals surface area contributed by atoms with E-state index in [2.05, 4.69) is 23.7 Å². The van der Waals surface area contributed by atoms with Crippen LogP contribution in [-0.2, 0) is 14.3 Å². The molecule has 0 amide bonds. The zero-order valence-electron chi connectivity index (χ0n) is 10.1. The third-order valence-corrected chi connectivity index (χ3v) is 1.76. The van der Waals surface area contributed by atoms with Gasteiger partial charge in [0, 0.05) is 5.92 Å². The van der Waals surface area contributed by atoms with Crippen LogP contribution in [-0.4, -0.2) is 18.4 Å². The van der Waals surface area contributed by atoms with Gasteiger partial charge in [-0.25, -0.2) is 0 Å². The van der Waals surface area contributed by atoms with Gasteiger partial charge in [-0.15, -0.1) is 0 Å². The largest absolute Gasteiger partial charge is 0.452 e. The van der Waals surface area contributed by atoms with Crippen LogP contribution in [0.1, 0.15) is 27.7 Å². The normalized spacial score (nSPS) is 10.6. The molecule has 0 aliphatic heterocycles. The van der Waals surface area contributed by atoms with Gasteiger partial charge in [0.05, 0.1) is 0 Å². The SMILES string of the molecule is CC(=O)C(C)C(=O)OCC#CC#CC(C)C. The first kappa shape index (κ1) is 14.3. The van der Waals surface area contributed by atoms with Crippen molar-refractivity contribution < 1.29 is 14.3 Å². The summed E-state index contributed by atoms with van der Waals surface area (Å²) in [6.07, 6.45) is 0. The summed E-state index contributed by atoms with van der Waals surface area (Å²) in [5.41, 5.74) is 0. The minimum absolute atomic E-state index is 0.0246. The van der Waals surface area contributed by atoms with Crippen molar-refractivity contribution in [3.8, 4) is 23.7 Å². The van der Waals surface area contributed by atoms with Gasteiger partial charge in [-0.2, -0.15) is 0 Å². The molecule has 0 fully saturated rings. The molecule has 3 nitrogen and oxygen atoms in total. The third-order valence-electron chi connectivity index (χ3n) is 1.76. The van der Waals surface area contributed by atoms with E-state index in [1.54, 1.807) is 0 Å². The van der Waals surface area contributed by atoms with Gasteiger partial charge in [0.2, 0.25) is 0 Å². The van der Waals surface area contributed by atoms with Crippen LogP contribution in [0.2, 0.25) is 0 Å². The Morgan fingerprint density at radius 3 is 2.31 bits per heavy atom. The average Bonchev–Trinajstić information content (AvgIpc) is 2.21. The molecule has 0 saturated heterocycles. The lowest BCUT2D eigenvalue weighted by Gasteiger charge is -2.04. The molecular formula is C13H16O3. The molecule has 0 radical (unpaired) electrons. The number of hydrogen-bond donors (Lipinski definition) is 0. The lowest BCUT2D eigenvalue weighted by Crippen LogP contribution is -2.21. The Balaban J connectivity index is 3.97. The van der Waals surface area contributed by atoms with E-state index in [0.29, 0.717) is 0 Å². The van der Waals surface area contributed by atoms with Crippen molar-refractivity contribution in [1.82, 2.24) is 0 Å². The first-order chi connectivity index (χ1) is 7.45. The van der Waals surface area contributed by atoms with Crippen molar-refractivity contribution in [3.63, 3.8) is 0 Å². The van der Waals surface area contributed by atoms with Crippen molar-refractivity contribution >= 4 is 11.8 Å². The Morgan fingerprint density at radius 1 is 1.19 bits per heavy atom. The predicted octanol–water partition coefficient (Wildman–Crippen LogP) is 1.42. The van der Waals surface area contributed by atoms with Crippen molar-refractivity contribution in [1.29, 1.82) is 0 Å². The summed E-state index contributed by atoms with van der Waals surface area (Å²) in [7, 11) is 0. The number of carbonyl (C=O) groups excluding carboxylic acids is 2. The molecule has 0 heterocycles. The molecule has 3 heteroatoms. The molecule has 86 valence electrons. The standard InChI is InChI=1S/C13H16O3/c1-10(2)8-6-5-7-9-16-13(15)11(3)12(4)14/h10-11H,9H2,1-4H3. The summed E-state index contributed by atoms with van der Waals surface area (Å²) in [4.78, 5) is 22.0. The number of Topliss-reactive ketones (excluding diaryl/α,β-unsaturated/α-hetero) is 1. The molecule has 0 aromatic carbocycles. The maximum atomic E-state index is 11.2. The Labute approximate surface area is 96.6 Å². The van der Waals surface area contributed by atoms with Gasteiger partial charge in [-0.3, -0.25) is 9.59 Å². The minimum atomic E-state index is -0.719. The fraction of sp³-hybridized carbons (Fsp3) is 0.538. The van der Waals surface area contributed by atoms with Gasteiger partial charge < -0.3 is 4.74 Å². The molecule has 1 unspecified atom stereocenters. The topological polar surface area (TPSA) is 43.4 Å². The molecule has 0 bridgehead atoms. The van der Waals surface area contributed by atoms with Crippen LogP contribution in [0, 0.1) is 35.5 Å². The molecule has 0 rings (SSSR count). The molecule has 16 heavy (non-hydrogen) atoms. The van der Waals surface area contributed by atoms with E-state index in [1.165, 1.54) is 13.8 Å². The summed E-state index contributed by atoms with van der Waals surface area (Å²) in [6, 6.07) is 0. The fourth-order valence-corrected chi connectivity index (χ4v) is 0.659. The summed E-state index contributed by atoms with van der Waals surface area (Å²) < 4.78 is 4.77. The van der Waals surface area contributed by atoms with Crippen LogP contribution < -0.4 is 0 Å². The molecule has 0 aliphatic carbocycles. The Hall–Kier alpha value is -1.74. The van der Waals surface area contributed by atoms with Crippen LogP contribution in [0.4, 0.5) is 0 Å². The van der Waals surface area contributed by atoms with E-state index in [1.807, 2.05) is 13.8 Å². The number of hydrogen-bond acceptors (Lipinski definition) is 3. The van der Waals surface area contributed by atoms with E-state index in [-0.39, 0.29) is 18.3 Å². The zero-order chi connectivity index (χ0) is 12.6. The van der Waals surface area contributed by atoms with Gasteiger partial charge in [0.25, 0.3) is 0 Å². The second kappa shape index (κ2) is 7.54. The summed E-state index contributed by atoms with van der Waals surface area (Å²) in [5, 5.41) is 0. The lowest BCUT2D eigenvalue weighted by atomic mass is 10.1. The quantitative estimate of drug-likeness (QED) is 0.410. The molecule has 0 aromatic heterocycles. The molecule has 0 N–H and O–H groups in total. The van der Waals surface area contributed by atoms with E-state index < -0.39 is 11.9 Å². The maximum Gasteiger partial charge on any atom is 0.317 e. The Kier molecular flexibility index (Phi) is 6.72. The van der Waals surface area contributed by atoms with Crippen molar-refractivity contribution in [2.24, 2.45) is 11.8 Å². The van der Waals surface area contributed by atoms with Crippen LogP contribution in [0.25, 0.3) is 0 Å². The Morgan fingerprint density at radius 2 is 1.81 bits per heavy atom. The molecule has 0 aliphatic rings. The Bertz CT molecular complexity index is 371. The fourth-order valence-electron chi connectivity index (χ4n) is 0.659. The highest BCUT2D eigenvalue weighted by Gasteiger charge is 2.18. The summed E-state index contributed by atoms with van der Waals surface area (Å²) in [5.74, 6) is 9.45. The first-order valence-electron chi connectivity index (χ1n) is 5.10. The average molecular weight is 220 g/mol. The number of carbonyl (C=O) groups is 2. The van der Waals surface area contributed by atoms with Gasteiger partial charge in [0.1, 0.15) is 11.7 Å². The lowest BCUT2D eigenvalue weighted by molar-refractivity contribution is -0.149. The van der Waals surface area contributed by atoms with E-state index in [4.69, 9.17) is 4.74 Å². The first-order valence-corrected chi connectivity index (χ1v) is 5.10. The molecule has 1 atom stereocenters. The second-order valence-corrected chi connectivity index (χ2v) is 3.67.